The molecule has 7 rings (SSSR count). The van der Waals surface area contributed by atoms with Gasteiger partial charge >= 0.3 is 0 Å². The molecule has 4 aliphatic rings. The summed E-state index contributed by atoms with van der Waals surface area (Å²) in [5.74, 6) is -8.61. The van der Waals surface area contributed by atoms with Crippen molar-refractivity contribution >= 4 is 74.1 Å². The molecule has 1 saturated carbocycles. The summed E-state index contributed by atoms with van der Waals surface area (Å²) in [5, 5.41) is 9.93. The first-order chi connectivity index (χ1) is 20.9. The Morgan fingerprint density at radius 2 is 1.45 bits per heavy atom. The quantitative estimate of drug-likeness (QED) is 0.199. The third-order valence-electron chi connectivity index (χ3n) is 9.29. The van der Waals surface area contributed by atoms with Crippen LogP contribution in [0.15, 0.2) is 82.9 Å². The second-order valence-electron chi connectivity index (χ2n) is 11.4. The van der Waals surface area contributed by atoms with Crippen molar-refractivity contribution < 1.29 is 33.1 Å². The van der Waals surface area contributed by atoms with Gasteiger partial charge in [0.1, 0.15) is 5.82 Å². The molecule has 0 aromatic heterocycles. The Bertz CT molecular complexity index is 1820. The van der Waals surface area contributed by atoms with Crippen LogP contribution in [-0.2, 0) is 19.2 Å². The van der Waals surface area contributed by atoms with Crippen molar-refractivity contribution in [3.8, 4) is 5.75 Å². The van der Waals surface area contributed by atoms with E-state index in [0.29, 0.717) is 11.3 Å². The highest BCUT2D eigenvalue weighted by Crippen LogP contribution is 2.66. The fraction of sp³-hybridized carbons (Fsp3) is 0.250. The highest BCUT2D eigenvalue weighted by Gasteiger charge is 2.76. The van der Waals surface area contributed by atoms with E-state index in [1.165, 1.54) is 18.2 Å². The van der Waals surface area contributed by atoms with Crippen LogP contribution in [0.2, 0.25) is 0 Å². The lowest BCUT2D eigenvalue weighted by Crippen LogP contribution is -2.60. The number of phenols is 1. The van der Waals surface area contributed by atoms with Crippen LogP contribution >= 0.6 is 39.1 Å². The molecule has 2 aliphatic carbocycles. The summed E-state index contributed by atoms with van der Waals surface area (Å²) >= 11 is 17.9. The van der Waals surface area contributed by atoms with E-state index in [2.05, 4.69) is 15.9 Å². The monoisotopic (exact) mass is 700 g/mol. The molecule has 224 valence electrons. The van der Waals surface area contributed by atoms with E-state index in [9.17, 15) is 33.1 Å². The predicted octanol–water partition coefficient (Wildman–Crippen LogP) is 6.20. The van der Waals surface area contributed by atoms with Gasteiger partial charge in [-0.25, -0.2) is 13.7 Å². The molecular weight excluding hydrogens is 681 g/mol. The first-order valence-electron chi connectivity index (χ1n) is 13.7. The minimum atomic E-state index is -2.20. The lowest BCUT2D eigenvalue weighted by molar-refractivity contribution is -0.125. The zero-order valence-corrected chi connectivity index (χ0v) is 25.6. The van der Waals surface area contributed by atoms with E-state index >= 15 is 0 Å². The van der Waals surface area contributed by atoms with Crippen LogP contribution in [0.3, 0.4) is 0 Å². The van der Waals surface area contributed by atoms with Crippen molar-refractivity contribution in [2.24, 2.45) is 17.8 Å². The number of amides is 4. The Morgan fingerprint density at radius 1 is 0.818 bits per heavy atom. The second-order valence-corrected chi connectivity index (χ2v) is 13.6. The molecule has 3 fully saturated rings. The Labute approximate surface area is 268 Å². The molecule has 0 unspecified atom stereocenters. The molecule has 44 heavy (non-hydrogen) atoms. The van der Waals surface area contributed by atoms with Crippen LogP contribution in [0, 0.1) is 29.4 Å². The summed E-state index contributed by atoms with van der Waals surface area (Å²) in [7, 11) is 0. The minimum Gasteiger partial charge on any atom is -0.505 e. The van der Waals surface area contributed by atoms with Gasteiger partial charge in [-0.2, -0.15) is 0 Å². The van der Waals surface area contributed by atoms with E-state index in [-0.39, 0.29) is 24.1 Å². The Morgan fingerprint density at radius 3 is 2.11 bits per heavy atom. The van der Waals surface area contributed by atoms with E-state index in [1.54, 1.807) is 30.3 Å². The maximum atomic E-state index is 14.8. The molecule has 2 saturated heterocycles. The van der Waals surface area contributed by atoms with Crippen molar-refractivity contribution in [1.29, 1.82) is 0 Å². The molecule has 12 heteroatoms. The second kappa shape index (κ2) is 9.95. The number of phenolic OH excluding ortho intramolecular Hbond substituents is 1. The summed E-state index contributed by atoms with van der Waals surface area (Å²) in [6, 6.07) is 14.9. The van der Waals surface area contributed by atoms with Gasteiger partial charge in [0.2, 0.25) is 11.8 Å². The summed E-state index contributed by atoms with van der Waals surface area (Å²) in [5.41, 5.74) is 1.05. The van der Waals surface area contributed by atoms with Gasteiger partial charge in [0.05, 0.1) is 23.2 Å². The predicted molar refractivity (Wildman–Crippen MR) is 161 cm³/mol. The van der Waals surface area contributed by atoms with Gasteiger partial charge in [-0.05, 0) is 85.0 Å². The van der Waals surface area contributed by atoms with Crippen molar-refractivity contribution in [1.82, 2.24) is 0 Å². The molecule has 6 atom stereocenters. The zero-order chi connectivity index (χ0) is 31.3. The number of aromatic hydroxyl groups is 1. The molecule has 3 aromatic rings. The largest absolute Gasteiger partial charge is 0.505 e. The van der Waals surface area contributed by atoms with Crippen molar-refractivity contribution in [3.63, 3.8) is 0 Å². The number of halogens is 5. The van der Waals surface area contributed by atoms with Gasteiger partial charge in [0.15, 0.2) is 21.3 Å². The normalized spacial score (nSPS) is 31.2. The lowest BCUT2D eigenvalue weighted by atomic mass is 9.56. The van der Waals surface area contributed by atoms with Gasteiger partial charge in [-0.1, -0.05) is 33.6 Å². The molecule has 2 heterocycles. The van der Waals surface area contributed by atoms with E-state index < -0.39 is 74.4 Å². The number of alkyl halides is 2. The summed E-state index contributed by atoms with van der Waals surface area (Å²) < 4.78 is 29.3. The Kier molecular flexibility index (Phi) is 6.59. The maximum Gasteiger partial charge on any atom is 0.258 e. The van der Waals surface area contributed by atoms with Crippen LogP contribution in [0.4, 0.5) is 20.2 Å². The van der Waals surface area contributed by atoms with Gasteiger partial charge in [0, 0.05) is 10.4 Å². The van der Waals surface area contributed by atoms with Crippen molar-refractivity contribution in [2.45, 2.75) is 28.5 Å². The van der Waals surface area contributed by atoms with Gasteiger partial charge in [-0.3, -0.25) is 24.1 Å². The summed E-state index contributed by atoms with van der Waals surface area (Å²) in [6.45, 7) is 0. The number of hydrogen-bond donors (Lipinski definition) is 1. The number of imide groups is 2. The zero-order valence-electron chi connectivity index (χ0n) is 22.5. The number of fused-ring (bicyclic) bond motifs is 4. The smallest absolute Gasteiger partial charge is 0.258 e. The molecule has 4 amide bonds. The molecule has 0 spiro atoms. The number of carbonyl (C=O) groups excluding carboxylic acids is 4. The SMILES string of the molecule is O=C1[C@H]2[C@H](CC=C3[C@H]2C[C@@]2(Cl)C(=O)N(c4ccc(F)cc4)C(=O)[C@@]2(Cl)[C@H]3c2ccc(O)c(F)c2)C(=O)N1c1ccc(Br)cc1. The van der Waals surface area contributed by atoms with Gasteiger partial charge < -0.3 is 5.11 Å². The molecule has 2 aliphatic heterocycles. The maximum absolute atomic E-state index is 14.8. The number of carbonyl (C=O) groups is 4. The molecule has 1 N–H and O–H groups in total. The average Bonchev–Trinajstić information content (AvgIpc) is 3.33. The number of allylic oxidation sites excluding steroid dienone is 2. The first kappa shape index (κ1) is 29.1. The molecule has 3 aromatic carbocycles. The van der Waals surface area contributed by atoms with Crippen molar-refractivity contribution in [2.75, 3.05) is 9.80 Å². The number of nitrogens with zero attached hydrogens (tertiary/aromatic N) is 2. The van der Waals surface area contributed by atoms with E-state index in [4.69, 9.17) is 23.2 Å². The van der Waals surface area contributed by atoms with Crippen LogP contribution in [-0.4, -0.2) is 38.5 Å². The lowest BCUT2D eigenvalue weighted by Gasteiger charge is -2.50. The van der Waals surface area contributed by atoms with Crippen LogP contribution in [0.25, 0.3) is 0 Å². The van der Waals surface area contributed by atoms with Crippen molar-refractivity contribution in [3.05, 3.63) is 100 Å². The Hall–Kier alpha value is -3.60. The minimum absolute atomic E-state index is 0.0369. The molecule has 0 bridgehead atoms. The highest BCUT2D eigenvalue weighted by atomic mass is 79.9. The van der Waals surface area contributed by atoms with Crippen LogP contribution in [0.1, 0.15) is 24.3 Å². The van der Waals surface area contributed by atoms with Gasteiger partial charge in [0.25, 0.3) is 11.8 Å². The van der Waals surface area contributed by atoms with E-state index in [0.717, 1.165) is 38.5 Å². The number of hydrogen-bond acceptors (Lipinski definition) is 5. The van der Waals surface area contributed by atoms with Gasteiger partial charge in [-0.15, -0.1) is 23.2 Å². The molecule has 7 nitrogen and oxygen atoms in total. The standard InChI is InChI=1S/C32H21BrCl2F2N2O5/c33-16-2-6-18(7-3-16)38-27(41)21-11-10-20-22(25(21)28(38)42)14-31(34)29(43)39(19-8-4-17(36)5-9-19)30(44)32(31,35)26(20)15-1-12-24(40)23(37)13-15/h1-10,12-13,21-22,25-26,40H,11,14H2/t21-,22+,25-,26-,31+,32-/m0/s1. The highest BCUT2D eigenvalue weighted by molar-refractivity contribution is 9.10. The summed E-state index contributed by atoms with van der Waals surface area (Å²) in [4.78, 5) is 53.8. The molecule has 0 radical (unpaired) electrons. The number of rotatable bonds is 3. The van der Waals surface area contributed by atoms with Crippen LogP contribution < -0.4 is 9.80 Å². The summed E-state index contributed by atoms with van der Waals surface area (Å²) in [6.07, 6.45) is 1.60. The van der Waals surface area contributed by atoms with Crippen LogP contribution in [0.5, 0.6) is 5.75 Å². The fourth-order valence-electron chi connectivity index (χ4n) is 7.32. The topological polar surface area (TPSA) is 95.0 Å². The third kappa shape index (κ3) is 3.83. The Balaban J connectivity index is 1.40. The fourth-order valence-corrected chi connectivity index (χ4v) is 8.52. The van der Waals surface area contributed by atoms with E-state index in [1.807, 2.05) is 0 Å². The first-order valence-corrected chi connectivity index (χ1v) is 15.3. The number of anilines is 2. The molecular formula is C32H21BrCl2F2N2O5. The number of benzene rings is 3. The average molecular weight is 702 g/mol. The third-order valence-corrected chi connectivity index (χ3v) is 11.2.